The summed E-state index contributed by atoms with van der Waals surface area (Å²) in [5.74, 6) is 0.675. The van der Waals surface area contributed by atoms with Gasteiger partial charge in [0, 0.05) is 23.6 Å². The summed E-state index contributed by atoms with van der Waals surface area (Å²) < 4.78 is 0. The summed E-state index contributed by atoms with van der Waals surface area (Å²) in [6.07, 6.45) is 3.62. The van der Waals surface area contributed by atoms with Crippen molar-refractivity contribution in [2.24, 2.45) is 0 Å². The number of aromatic amines is 1. The van der Waals surface area contributed by atoms with Gasteiger partial charge in [-0.25, -0.2) is 9.97 Å². The number of anilines is 1. The predicted octanol–water partition coefficient (Wildman–Crippen LogP) is 2.72. The molecule has 2 aromatic heterocycles. The van der Waals surface area contributed by atoms with Crippen molar-refractivity contribution in [3.8, 4) is 22.8 Å². The number of nitrogen functional groups attached to an aromatic ring is 1. The first-order chi connectivity index (χ1) is 8.83. The van der Waals surface area contributed by atoms with Gasteiger partial charge in [-0.3, -0.25) is 0 Å². The Morgan fingerprint density at radius 3 is 2.78 bits per heavy atom. The first-order valence-electron chi connectivity index (χ1n) is 5.66. The number of nitrogens with one attached hydrogen (secondary N) is 1. The minimum Gasteiger partial charge on any atom is -0.399 e. The van der Waals surface area contributed by atoms with Crippen molar-refractivity contribution in [3.63, 3.8) is 0 Å². The van der Waals surface area contributed by atoms with E-state index in [0.717, 1.165) is 17.0 Å². The van der Waals surface area contributed by atoms with Gasteiger partial charge in [-0.05, 0) is 30.3 Å². The molecule has 0 radical (unpaired) electrons. The van der Waals surface area contributed by atoms with Crippen LogP contribution in [-0.4, -0.2) is 15.0 Å². The van der Waals surface area contributed by atoms with Crippen molar-refractivity contribution in [1.29, 1.82) is 0 Å². The molecule has 0 saturated heterocycles. The van der Waals surface area contributed by atoms with E-state index in [-0.39, 0.29) is 0 Å². The second-order valence-electron chi connectivity index (χ2n) is 3.97. The fourth-order valence-electron chi connectivity index (χ4n) is 1.82. The monoisotopic (exact) mass is 236 g/mol. The first-order valence-corrected chi connectivity index (χ1v) is 5.66. The van der Waals surface area contributed by atoms with E-state index in [1.165, 1.54) is 0 Å². The summed E-state index contributed by atoms with van der Waals surface area (Å²) in [5, 5.41) is 0. The van der Waals surface area contributed by atoms with Crippen LogP contribution in [-0.2, 0) is 0 Å². The zero-order valence-corrected chi connectivity index (χ0v) is 9.67. The molecule has 0 unspecified atom stereocenters. The van der Waals surface area contributed by atoms with Crippen LogP contribution in [0.15, 0.2) is 54.9 Å². The van der Waals surface area contributed by atoms with Gasteiger partial charge >= 0.3 is 0 Å². The van der Waals surface area contributed by atoms with Gasteiger partial charge in [0.05, 0.1) is 11.4 Å². The molecule has 0 saturated carbocycles. The first kappa shape index (κ1) is 10.5. The maximum absolute atomic E-state index is 5.77. The van der Waals surface area contributed by atoms with Crippen molar-refractivity contribution in [2.45, 2.75) is 0 Å². The molecule has 3 N–H and O–H groups in total. The van der Waals surface area contributed by atoms with Gasteiger partial charge < -0.3 is 10.7 Å². The number of rotatable bonds is 2. The number of benzene rings is 1. The molecular weight excluding hydrogens is 224 g/mol. The Morgan fingerprint density at radius 2 is 2.00 bits per heavy atom. The Labute approximate surface area is 105 Å². The third kappa shape index (κ3) is 1.96. The van der Waals surface area contributed by atoms with Gasteiger partial charge in [0.1, 0.15) is 0 Å². The highest BCUT2D eigenvalue weighted by Crippen LogP contribution is 2.20. The van der Waals surface area contributed by atoms with Crippen LogP contribution >= 0.6 is 0 Å². The SMILES string of the molecule is Nc1cccc(-c2nccc(-c3ccc[nH]3)n2)c1. The highest BCUT2D eigenvalue weighted by atomic mass is 14.9. The van der Waals surface area contributed by atoms with Crippen LogP contribution in [0.3, 0.4) is 0 Å². The van der Waals surface area contributed by atoms with Crippen LogP contribution < -0.4 is 5.73 Å². The number of H-pyrrole nitrogens is 1. The molecule has 88 valence electrons. The molecule has 1 aromatic carbocycles. The average Bonchev–Trinajstić information content (AvgIpc) is 2.93. The second kappa shape index (κ2) is 4.33. The molecule has 2 heterocycles. The zero-order valence-electron chi connectivity index (χ0n) is 9.67. The van der Waals surface area contributed by atoms with E-state index in [4.69, 9.17) is 5.73 Å². The van der Waals surface area contributed by atoms with Crippen molar-refractivity contribution in [2.75, 3.05) is 5.73 Å². The topological polar surface area (TPSA) is 67.6 Å². The van der Waals surface area contributed by atoms with Gasteiger partial charge in [0.15, 0.2) is 5.82 Å². The summed E-state index contributed by atoms with van der Waals surface area (Å²) in [7, 11) is 0. The molecule has 0 amide bonds. The lowest BCUT2D eigenvalue weighted by Crippen LogP contribution is -1.92. The molecule has 0 spiro atoms. The largest absolute Gasteiger partial charge is 0.399 e. The van der Waals surface area contributed by atoms with Gasteiger partial charge in [-0.2, -0.15) is 0 Å². The third-order valence-electron chi connectivity index (χ3n) is 2.67. The van der Waals surface area contributed by atoms with Crippen LogP contribution in [0, 0.1) is 0 Å². The maximum atomic E-state index is 5.77. The summed E-state index contributed by atoms with van der Waals surface area (Å²) in [6.45, 7) is 0. The lowest BCUT2D eigenvalue weighted by molar-refractivity contribution is 1.17. The van der Waals surface area contributed by atoms with Crippen LogP contribution in [0.5, 0.6) is 0 Å². The van der Waals surface area contributed by atoms with Gasteiger partial charge in [-0.15, -0.1) is 0 Å². The lowest BCUT2D eigenvalue weighted by Gasteiger charge is -2.03. The second-order valence-corrected chi connectivity index (χ2v) is 3.97. The Bertz CT molecular complexity index is 659. The Morgan fingerprint density at radius 1 is 1.06 bits per heavy atom. The van der Waals surface area contributed by atoms with Gasteiger partial charge in [0.2, 0.25) is 0 Å². The van der Waals surface area contributed by atoms with E-state index in [1.807, 2.05) is 48.7 Å². The van der Waals surface area contributed by atoms with Crippen LogP contribution in [0.4, 0.5) is 5.69 Å². The maximum Gasteiger partial charge on any atom is 0.159 e. The van der Waals surface area contributed by atoms with Crippen LogP contribution in [0.2, 0.25) is 0 Å². The van der Waals surface area contributed by atoms with Gasteiger partial charge in [0.25, 0.3) is 0 Å². The minimum absolute atomic E-state index is 0.675. The molecule has 0 fully saturated rings. The Hall–Kier alpha value is -2.62. The molecule has 18 heavy (non-hydrogen) atoms. The van der Waals surface area contributed by atoms with Crippen molar-refractivity contribution < 1.29 is 0 Å². The summed E-state index contributed by atoms with van der Waals surface area (Å²) in [5.41, 5.74) is 9.24. The molecule has 4 nitrogen and oxygen atoms in total. The standard InChI is InChI=1S/C14H12N4/c15-11-4-1-3-10(9-11)14-17-8-6-13(18-14)12-5-2-7-16-12/h1-9,16H,15H2. The van der Waals surface area contributed by atoms with Crippen LogP contribution in [0.1, 0.15) is 0 Å². The molecule has 0 aliphatic rings. The molecule has 3 rings (SSSR count). The summed E-state index contributed by atoms with van der Waals surface area (Å²) >= 11 is 0. The fraction of sp³-hybridized carbons (Fsp3) is 0. The van der Waals surface area contributed by atoms with E-state index < -0.39 is 0 Å². The number of nitrogens with two attached hydrogens (primary N) is 1. The van der Waals surface area contributed by atoms with Crippen molar-refractivity contribution >= 4 is 5.69 Å². The highest BCUT2D eigenvalue weighted by molar-refractivity contribution is 5.64. The molecule has 0 aliphatic heterocycles. The van der Waals surface area contributed by atoms with E-state index in [2.05, 4.69) is 15.0 Å². The lowest BCUT2D eigenvalue weighted by atomic mass is 10.2. The smallest absolute Gasteiger partial charge is 0.159 e. The van der Waals surface area contributed by atoms with Crippen LogP contribution in [0.25, 0.3) is 22.8 Å². The molecule has 0 aliphatic carbocycles. The Kier molecular flexibility index (Phi) is 2.53. The molecule has 0 atom stereocenters. The summed E-state index contributed by atoms with van der Waals surface area (Å²) in [6, 6.07) is 13.4. The van der Waals surface area contributed by atoms with Gasteiger partial charge in [-0.1, -0.05) is 12.1 Å². The van der Waals surface area contributed by atoms with Crippen molar-refractivity contribution in [1.82, 2.24) is 15.0 Å². The number of nitrogens with zero attached hydrogens (tertiary/aromatic N) is 2. The molecule has 3 aromatic rings. The molecule has 0 bridgehead atoms. The normalized spacial score (nSPS) is 10.4. The van der Waals surface area contributed by atoms with E-state index in [1.54, 1.807) is 6.20 Å². The number of hydrogen-bond donors (Lipinski definition) is 2. The van der Waals surface area contributed by atoms with E-state index >= 15 is 0 Å². The Balaban J connectivity index is 2.06. The number of hydrogen-bond acceptors (Lipinski definition) is 3. The minimum atomic E-state index is 0.675. The predicted molar refractivity (Wildman–Crippen MR) is 71.7 cm³/mol. The van der Waals surface area contributed by atoms with E-state index in [0.29, 0.717) is 11.5 Å². The van der Waals surface area contributed by atoms with E-state index in [9.17, 15) is 0 Å². The molecular formula is C14H12N4. The molecule has 4 heteroatoms. The summed E-state index contributed by atoms with van der Waals surface area (Å²) in [4.78, 5) is 11.9. The highest BCUT2D eigenvalue weighted by Gasteiger charge is 2.05. The quantitative estimate of drug-likeness (QED) is 0.672. The average molecular weight is 236 g/mol. The number of aromatic nitrogens is 3. The van der Waals surface area contributed by atoms with Crippen molar-refractivity contribution in [3.05, 3.63) is 54.9 Å². The third-order valence-corrected chi connectivity index (χ3v) is 2.67. The zero-order chi connectivity index (χ0) is 12.4. The fourth-order valence-corrected chi connectivity index (χ4v) is 1.82.